The van der Waals surface area contributed by atoms with E-state index in [0.717, 1.165) is 16.5 Å². The topological polar surface area (TPSA) is 222 Å². The summed E-state index contributed by atoms with van der Waals surface area (Å²) in [7, 11) is 0. The van der Waals surface area contributed by atoms with Crippen molar-refractivity contribution in [2.75, 3.05) is 18.8 Å². The number of aromatic nitrogens is 1. The highest BCUT2D eigenvalue weighted by atomic mass is 32.1. The van der Waals surface area contributed by atoms with Crippen molar-refractivity contribution < 1.29 is 24.3 Å². The van der Waals surface area contributed by atoms with Crippen molar-refractivity contribution in [1.82, 2.24) is 20.5 Å². The van der Waals surface area contributed by atoms with Crippen LogP contribution in [0.15, 0.2) is 35.5 Å². The van der Waals surface area contributed by atoms with Gasteiger partial charge in [-0.05, 0) is 43.7 Å². The van der Waals surface area contributed by atoms with E-state index in [1.165, 1.54) is 4.90 Å². The predicted molar refractivity (Wildman–Crippen MR) is 150 cm³/mol. The van der Waals surface area contributed by atoms with Gasteiger partial charge in [0.1, 0.15) is 18.1 Å². The molecule has 1 aromatic carbocycles. The van der Waals surface area contributed by atoms with Gasteiger partial charge in [-0.1, -0.05) is 18.2 Å². The molecule has 0 spiro atoms. The summed E-state index contributed by atoms with van der Waals surface area (Å²) < 4.78 is 0. The molecule has 2 heterocycles. The number of fused-ring (bicyclic) bond motifs is 1. The Morgan fingerprint density at radius 3 is 2.62 bits per heavy atom. The molecule has 4 unspecified atom stereocenters. The van der Waals surface area contributed by atoms with Crippen LogP contribution in [0.2, 0.25) is 0 Å². The molecule has 3 amide bonds. The third-order valence-corrected chi connectivity index (χ3v) is 7.01. The minimum Gasteiger partial charge on any atom is -0.480 e. The summed E-state index contributed by atoms with van der Waals surface area (Å²) in [6.45, 7) is 0.579. The second kappa shape index (κ2) is 13.8. The average molecular weight is 561 g/mol. The maximum Gasteiger partial charge on any atom is 0.326 e. The van der Waals surface area contributed by atoms with Gasteiger partial charge in [-0.15, -0.1) is 0 Å². The molecular formula is C25H36N8O5S. The van der Waals surface area contributed by atoms with E-state index in [1.54, 1.807) is 0 Å². The van der Waals surface area contributed by atoms with Gasteiger partial charge in [0.2, 0.25) is 17.7 Å². The van der Waals surface area contributed by atoms with Gasteiger partial charge in [0.25, 0.3) is 0 Å². The van der Waals surface area contributed by atoms with Crippen molar-refractivity contribution in [1.29, 1.82) is 0 Å². The van der Waals surface area contributed by atoms with Gasteiger partial charge in [-0.25, -0.2) is 4.79 Å². The zero-order chi connectivity index (χ0) is 28.5. The Bertz CT molecular complexity index is 1210. The van der Waals surface area contributed by atoms with Crippen LogP contribution in [0, 0.1) is 0 Å². The Labute approximate surface area is 231 Å². The summed E-state index contributed by atoms with van der Waals surface area (Å²) in [6.07, 6.45) is 3.57. The van der Waals surface area contributed by atoms with Crippen LogP contribution in [0.1, 0.15) is 31.2 Å². The van der Waals surface area contributed by atoms with E-state index in [0.29, 0.717) is 32.2 Å². The normalized spacial score (nSPS) is 17.3. The summed E-state index contributed by atoms with van der Waals surface area (Å²) >= 11 is 4.16. The van der Waals surface area contributed by atoms with Crippen LogP contribution in [0.5, 0.6) is 0 Å². The molecule has 3 rings (SSSR count). The van der Waals surface area contributed by atoms with Crippen LogP contribution < -0.4 is 27.8 Å². The van der Waals surface area contributed by atoms with Gasteiger partial charge in [0, 0.05) is 35.9 Å². The minimum atomic E-state index is -1.23. The molecular weight excluding hydrogens is 524 g/mol. The molecule has 1 aromatic heterocycles. The number of H-pyrrole nitrogens is 1. The predicted octanol–water partition coefficient (Wildman–Crippen LogP) is -0.934. The van der Waals surface area contributed by atoms with Gasteiger partial charge in [0.05, 0.1) is 6.04 Å². The molecule has 0 bridgehead atoms. The average Bonchev–Trinajstić information content (AvgIpc) is 3.56. The van der Waals surface area contributed by atoms with Crippen LogP contribution in [-0.4, -0.2) is 87.7 Å². The zero-order valence-corrected chi connectivity index (χ0v) is 22.4. The maximum atomic E-state index is 13.2. The zero-order valence-electron chi connectivity index (χ0n) is 21.5. The first-order chi connectivity index (χ1) is 18.6. The number of rotatable bonds is 13. The number of benzene rings is 1. The highest BCUT2D eigenvalue weighted by Crippen LogP contribution is 2.22. The fraction of sp³-hybridized carbons (Fsp3) is 0.480. The summed E-state index contributed by atoms with van der Waals surface area (Å²) in [6, 6.07) is 3.77. The standard InChI is InChI=1S/C25H36N8O5S/c26-16(11-14-12-30-17-6-2-1-5-15(14)17)23(36)33-10-4-8-20(33)22(35)32-19(13-39)21(34)31-18(24(37)38)7-3-9-29-25(27)28/h1-2,5-6,12,16,18-20,30,39H,3-4,7-11,13,26H2,(H,31,34)(H,32,35)(H,37,38)(H4,27,28,29). The molecule has 0 radical (unpaired) electrons. The van der Waals surface area contributed by atoms with Gasteiger partial charge in [-0.3, -0.25) is 19.4 Å². The molecule has 1 aliphatic heterocycles. The second-order valence-corrected chi connectivity index (χ2v) is 9.82. The number of carbonyl (C=O) groups is 4. The lowest BCUT2D eigenvalue weighted by atomic mass is 10.0. The number of nitrogens with two attached hydrogens (primary N) is 3. The van der Waals surface area contributed by atoms with E-state index < -0.39 is 42.0 Å². The van der Waals surface area contributed by atoms with E-state index in [1.807, 2.05) is 30.5 Å². The number of hydrogen-bond donors (Lipinski definition) is 8. The molecule has 212 valence electrons. The quantitative estimate of drug-likeness (QED) is 0.0659. The van der Waals surface area contributed by atoms with E-state index >= 15 is 0 Å². The van der Waals surface area contributed by atoms with Crippen molar-refractivity contribution >= 4 is 53.2 Å². The monoisotopic (exact) mass is 560 g/mol. The Morgan fingerprint density at radius 1 is 1.18 bits per heavy atom. The van der Waals surface area contributed by atoms with Crippen molar-refractivity contribution in [2.45, 2.75) is 56.3 Å². The van der Waals surface area contributed by atoms with Crippen molar-refractivity contribution in [2.24, 2.45) is 22.2 Å². The molecule has 2 aromatic rings. The first-order valence-corrected chi connectivity index (χ1v) is 13.4. The van der Waals surface area contributed by atoms with Crippen LogP contribution in [0.3, 0.4) is 0 Å². The third-order valence-electron chi connectivity index (χ3n) is 6.65. The van der Waals surface area contributed by atoms with Crippen LogP contribution in [0.25, 0.3) is 10.9 Å². The van der Waals surface area contributed by atoms with E-state index in [-0.39, 0.29) is 30.6 Å². The lowest BCUT2D eigenvalue weighted by Gasteiger charge is -2.28. The molecule has 14 heteroatoms. The van der Waals surface area contributed by atoms with Crippen molar-refractivity contribution in [3.05, 3.63) is 36.0 Å². The molecule has 39 heavy (non-hydrogen) atoms. The Balaban J connectivity index is 1.59. The Kier molecular flexibility index (Phi) is 10.6. The number of carbonyl (C=O) groups excluding carboxylic acids is 3. The maximum absolute atomic E-state index is 13.2. The molecule has 10 N–H and O–H groups in total. The van der Waals surface area contributed by atoms with Crippen LogP contribution >= 0.6 is 12.6 Å². The number of carboxylic acids is 1. The fourth-order valence-electron chi connectivity index (χ4n) is 4.64. The largest absolute Gasteiger partial charge is 0.480 e. The van der Waals surface area contributed by atoms with Crippen LogP contribution in [-0.2, 0) is 25.6 Å². The lowest BCUT2D eigenvalue weighted by Crippen LogP contribution is -2.57. The lowest BCUT2D eigenvalue weighted by molar-refractivity contribution is -0.143. The van der Waals surface area contributed by atoms with Gasteiger partial charge >= 0.3 is 5.97 Å². The smallest absolute Gasteiger partial charge is 0.326 e. The second-order valence-electron chi connectivity index (χ2n) is 9.45. The number of aliphatic carboxylic acids is 1. The van der Waals surface area contributed by atoms with E-state index in [4.69, 9.17) is 17.2 Å². The number of thiol groups is 1. The highest BCUT2D eigenvalue weighted by molar-refractivity contribution is 7.80. The summed E-state index contributed by atoms with van der Waals surface area (Å²) in [5.41, 5.74) is 18.6. The fourth-order valence-corrected chi connectivity index (χ4v) is 4.89. The number of amides is 3. The Hall–Kier alpha value is -3.78. The SMILES string of the molecule is NC(N)=NCCCC(NC(=O)C(CS)NC(=O)C1CCCN1C(=O)C(N)Cc1c[nH]c2ccccc12)C(=O)O. The number of nitrogens with one attached hydrogen (secondary N) is 3. The molecule has 1 fully saturated rings. The van der Waals surface area contributed by atoms with Gasteiger partial charge in [0.15, 0.2) is 5.96 Å². The van der Waals surface area contributed by atoms with Crippen LogP contribution in [0.4, 0.5) is 0 Å². The molecule has 1 saturated heterocycles. The number of nitrogens with zero attached hydrogens (tertiary/aromatic N) is 2. The summed E-state index contributed by atoms with van der Waals surface area (Å²) in [5, 5.41) is 15.5. The number of likely N-dealkylation sites (tertiary alicyclic amines) is 1. The molecule has 13 nitrogen and oxygen atoms in total. The third kappa shape index (κ3) is 7.86. The Morgan fingerprint density at radius 2 is 1.92 bits per heavy atom. The summed E-state index contributed by atoms with van der Waals surface area (Å²) in [5.74, 6) is -2.97. The number of para-hydroxylation sites is 1. The molecule has 1 aliphatic rings. The molecule has 0 aliphatic carbocycles. The number of hydrogen-bond acceptors (Lipinski definition) is 7. The highest BCUT2D eigenvalue weighted by Gasteiger charge is 2.38. The van der Waals surface area contributed by atoms with E-state index in [2.05, 4.69) is 33.2 Å². The minimum absolute atomic E-state index is 0.0708. The van der Waals surface area contributed by atoms with Crippen molar-refractivity contribution in [3.8, 4) is 0 Å². The van der Waals surface area contributed by atoms with Gasteiger partial charge < -0.3 is 42.8 Å². The number of aromatic amines is 1. The molecule has 4 atom stereocenters. The van der Waals surface area contributed by atoms with Gasteiger partial charge in [-0.2, -0.15) is 12.6 Å². The molecule has 0 saturated carbocycles. The first kappa shape index (κ1) is 29.8. The first-order valence-electron chi connectivity index (χ1n) is 12.7. The number of aliphatic imine (C=N–C) groups is 1. The number of guanidine groups is 1. The van der Waals surface area contributed by atoms with Crippen molar-refractivity contribution in [3.63, 3.8) is 0 Å². The summed E-state index contributed by atoms with van der Waals surface area (Å²) in [4.78, 5) is 59.1. The number of carboxylic acid groups (broad SMARTS) is 1. The van der Waals surface area contributed by atoms with E-state index in [9.17, 15) is 24.3 Å².